The van der Waals surface area contributed by atoms with Crippen LogP contribution < -0.4 is 10.2 Å². The van der Waals surface area contributed by atoms with Crippen LogP contribution in [-0.2, 0) is 0 Å². The van der Waals surface area contributed by atoms with Gasteiger partial charge >= 0.3 is 0 Å². The summed E-state index contributed by atoms with van der Waals surface area (Å²) in [6.07, 6.45) is 0.897. The van der Waals surface area contributed by atoms with Crippen molar-refractivity contribution in [3.63, 3.8) is 0 Å². The van der Waals surface area contributed by atoms with Gasteiger partial charge in [-0.1, -0.05) is 18.5 Å². The molecule has 0 saturated heterocycles. The molecule has 1 aromatic carbocycles. The minimum atomic E-state index is -0.252. The van der Waals surface area contributed by atoms with Gasteiger partial charge < -0.3 is 4.74 Å². The van der Waals surface area contributed by atoms with Gasteiger partial charge in [0.2, 0.25) is 5.71 Å². The minimum Gasteiger partial charge on any atom is -0.492 e. The molecule has 18 heavy (non-hydrogen) atoms. The fraction of sp³-hybridized carbons (Fsp3) is 0.250. The molecule has 0 bridgehead atoms. The predicted molar refractivity (Wildman–Crippen MR) is 69.5 cm³/mol. The highest BCUT2D eigenvalue weighted by Gasteiger charge is 2.02. The summed E-state index contributed by atoms with van der Waals surface area (Å²) >= 11 is 6.00. The van der Waals surface area contributed by atoms with Gasteiger partial charge in [0.1, 0.15) is 17.9 Å². The Morgan fingerprint density at radius 1 is 1.44 bits per heavy atom. The maximum atomic E-state index is 8.51. The van der Waals surface area contributed by atoms with Crippen molar-refractivity contribution < 1.29 is 4.74 Å². The maximum Gasteiger partial charge on any atom is 0.237 e. The topological polar surface area (TPSA) is 81.2 Å². The summed E-state index contributed by atoms with van der Waals surface area (Å²) in [5.74, 6) is 0.592. The van der Waals surface area contributed by atoms with Gasteiger partial charge in [0.05, 0.1) is 17.3 Å². The molecule has 0 saturated carbocycles. The van der Waals surface area contributed by atoms with Gasteiger partial charge in [-0.3, -0.25) is 5.43 Å². The highest BCUT2D eigenvalue weighted by atomic mass is 35.5. The predicted octanol–water partition coefficient (Wildman–Crippen LogP) is 2.94. The molecule has 0 radical (unpaired) electrons. The molecule has 0 aliphatic carbocycles. The number of hydrogen-bond acceptors (Lipinski definition) is 5. The summed E-state index contributed by atoms with van der Waals surface area (Å²) in [5.41, 5.74) is 2.90. The summed E-state index contributed by atoms with van der Waals surface area (Å²) in [7, 11) is 0. The quantitative estimate of drug-likeness (QED) is 0.653. The monoisotopic (exact) mass is 262 g/mol. The summed E-state index contributed by atoms with van der Waals surface area (Å²) in [6, 6.07) is 8.31. The van der Waals surface area contributed by atoms with Gasteiger partial charge in [-0.25, -0.2) is 0 Å². The van der Waals surface area contributed by atoms with Crippen LogP contribution in [0.4, 0.5) is 5.69 Å². The van der Waals surface area contributed by atoms with Gasteiger partial charge in [0, 0.05) is 0 Å². The van der Waals surface area contributed by atoms with Crippen LogP contribution in [0.2, 0.25) is 5.02 Å². The molecule has 0 unspecified atom stereocenters. The first-order valence-corrected chi connectivity index (χ1v) is 5.65. The second kappa shape index (κ2) is 7.16. The standard InChI is InChI=1S/C12H11ClN4O/c1-2-5-18-12-4-3-9(6-11(12)13)16-17-10(7-14)8-15/h3-4,6,16H,2,5H2,1H3. The van der Waals surface area contributed by atoms with E-state index in [-0.39, 0.29) is 5.71 Å². The Bertz CT molecular complexity index is 512. The Kier molecular flexibility index (Phi) is 5.50. The number of hydrazone groups is 1. The third-order valence-corrected chi connectivity index (χ3v) is 2.20. The molecule has 0 spiro atoms. The number of rotatable bonds is 5. The zero-order valence-electron chi connectivity index (χ0n) is 9.77. The minimum absolute atomic E-state index is 0.252. The van der Waals surface area contributed by atoms with Crippen LogP contribution in [0.5, 0.6) is 5.75 Å². The van der Waals surface area contributed by atoms with Crippen molar-refractivity contribution >= 4 is 23.0 Å². The van der Waals surface area contributed by atoms with Crippen LogP contribution in [0.15, 0.2) is 23.3 Å². The lowest BCUT2D eigenvalue weighted by atomic mass is 10.3. The lowest BCUT2D eigenvalue weighted by Crippen LogP contribution is -1.98. The lowest BCUT2D eigenvalue weighted by Gasteiger charge is -2.08. The Morgan fingerprint density at radius 2 is 2.17 bits per heavy atom. The third kappa shape index (κ3) is 3.97. The second-order valence-corrected chi connectivity index (χ2v) is 3.70. The van der Waals surface area contributed by atoms with E-state index in [0.717, 1.165) is 6.42 Å². The van der Waals surface area contributed by atoms with E-state index >= 15 is 0 Å². The Morgan fingerprint density at radius 3 is 2.72 bits per heavy atom. The van der Waals surface area contributed by atoms with Crippen molar-refractivity contribution in [3.8, 4) is 17.9 Å². The SMILES string of the molecule is CCCOc1ccc(NN=C(C#N)C#N)cc1Cl. The fourth-order valence-corrected chi connectivity index (χ4v) is 1.33. The van der Waals surface area contributed by atoms with Crippen molar-refractivity contribution in [2.45, 2.75) is 13.3 Å². The van der Waals surface area contributed by atoms with Gasteiger partial charge in [-0.05, 0) is 24.6 Å². The highest BCUT2D eigenvalue weighted by molar-refractivity contribution is 6.32. The highest BCUT2D eigenvalue weighted by Crippen LogP contribution is 2.27. The van der Waals surface area contributed by atoms with E-state index in [1.165, 1.54) is 0 Å². The van der Waals surface area contributed by atoms with E-state index in [1.54, 1.807) is 30.3 Å². The average molecular weight is 263 g/mol. The normalized spacial score (nSPS) is 8.89. The molecule has 92 valence electrons. The molecular weight excluding hydrogens is 252 g/mol. The molecule has 5 nitrogen and oxygen atoms in total. The summed E-state index contributed by atoms with van der Waals surface area (Å²) in [5, 5.41) is 21.1. The number of nitrogens with zero attached hydrogens (tertiary/aromatic N) is 3. The molecule has 0 aliphatic rings. The molecule has 0 aliphatic heterocycles. The number of ether oxygens (including phenoxy) is 1. The van der Waals surface area contributed by atoms with E-state index in [4.69, 9.17) is 26.9 Å². The first-order valence-electron chi connectivity index (χ1n) is 5.27. The molecule has 0 heterocycles. The second-order valence-electron chi connectivity index (χ2n) is 3.29. The van der Waals surface area contributed by atoms with E-state index in [2.05, 4.69) is 10.5 Å². The number of anilines is 1. The summed E-state index contributed by atoms with van der Waals surface area (Å²) in [6.45, 7) is 2.60. The van der Waals surface area contributed by atoms with Crippen molar-refractivity contribution in [1.82, 2.24) is 0 Å². The zero-order valence-corrected chi connectivity index (χ0v) is 10.5. The molecule has 6 heteroatoms. The van der Waals surface area contributed by atoms with E-state index in [1.807, 2.05) is 6.92 Å². The van der Waals surface area contributed by atoms with Crippen LogP contribution in [0, 0.1) is 22.7 Å². The average Bonchev–Trinajstić information content (AvgIpc) is 2.39. The van der Waals surface area contributed by atoms with Crippen molar-refractivity contribution in [1.29, 1.82) is 10.5 Å². The first kappa shape index (κ1) is 13.8. The van der Waals surface area contributed by atoms with Crippen LogP contribution >= 0.6 is 11.6 Å². The van der Waals surface area contributed by atoms with Gasteiger partial charge in [-0.15, -0.1) is 0 Å². The van der Waals surface area contributed by atoms with E-state index in [0.29, 0.717) is 23.1 Å². The van der Waals surface area contributed by atoms with Crippen molar-refractivity contribution in [2.24, 2.45) is 5.10 Å². The molecule has 0 amide bonds. The smallest absolute Gasteiger partial charge is 0.237 e. The van der Waals surface area contributed by atoms with Crippen LogP contribution in [0.1, 0.15) is 13.3 Å². The molecule has 0 aromatic heterocycles. The Hall–Kier alpha value is -2.24. The van der Waals surface area contributed by atoms with Crippen molar-refractivity contribution in [3.05, 3.63) is 23.2 Å². The van der Waals surface area contributed by atoms with Crippen LogP contribution in [0.25, 0.3) is 0 Å². The van der Waals surface area contributed by atoms with Gasteiger partial charge in [0.25, 0.3) is 0 Å². The molecule has 1 rings (SSSR count). The largest absolute Gasteiger partial charge is 0.492 e. The first-order chi connectivity index (χ1) is 8.71. The molecule has 0 fully saturated rings. The van der Waals surface area contributed by atoms with Gasteiger partial charge in [-0.2, -0.15) is 15.6 Å². The summed E-state index contributed by atoms with van der Waals surface area (Å²) < 4.78 is 5.41. The maximum absolute atomic E-state index is 8.51. The molecular formula is C12H11ClN4O. The fourth-order valence-electron chi connectivity index (χ4n) is 1.09. The number of benzene rings is 1. The third-order valence-electron chi connectivity index (χ3n) is 1.90. The Labute approximate surface area is 110 Å². The molecule has 1 aromatic rings. The lowest BCUT2D eigenvalue weighted by molar-refractivity contribution is 0.317. The van der Waals surface area contributed by atoms with E-state index < -0.39 is 0 Å². The van der Waals surface area contributed by atoms with Crippen molar-refractivity contribution in [2.75, 3.05) is 12.0 Å². The molecule has 1 N–H and O–H groups in total. The number of hydrogen-bond donors (Lipinski definition) is 1. The van der Waals surface area contributed by atoms with Crippen LogP contribution in [0.3, 0.4) is 0 Å². The van der Waals surface area contributed by atoms with Gasteiger partial charge in [0.15, 0.2) is 0 Å². The number of nitriles is 2. The molecule has 0 atom stereocenters. The number of nitrogens with one attached hydrogen (secondary N) is 1. The zero-order chi connectivity index (χ0) is 13.4. The van der Waals surface area contributed by atoms with Crippen LogP contribution in [-0.4, -0.2) is 12.3 Å². The number of halogens is 1. The summed E-state index contributed by atoms with van der Waals surface area (Å²) in [4.78, 5) is 0. The van der Waals surface area contributed by atoms with E-state index in [9.17, 15) is 0 Å². The Balaban J connectivity index is 2.77.